The maximum atomic E-state index is 13.0. The van der Waals surface area contributed by atoms with E-state index >= 15 is 0 Å². The molecule has 2 amide bonds. The lowest BCUT2D eigenvalue weighted by molar-refractivity contribution is -0.142. The number of hydrogen-bond acceptors (Lipinski definition) is 5. The maximum Gasteiger partial charge on any atom is 0.274 e. The topological polar surface area (TPSA) is 68.2 Å². The van der Waals surface area contributed by atoms with Crippen LogP contribution in [0.1, 0.15) is 11.1 Å². The molecule has 28 heavy (non-hydrogen) atoms. The molecule has 140 valence electrons. The van der Waals surface area contributed by atoms with Gasteiger partial charge >= 0.3 is 0 Å². The second kappa shape index (κ2) is 6.64. The van der Waals surface area contributed by atoms with Crippen LogP contribution in [0.25, 0.3) is 6.08 Å². The molecule has 0 aliphatic carbocycles. The van der Waals surface area contributed by atoms with Gasteiger partial charge in [0.2, 0.25) is 12.0 Å². The predicted molar refractivity (Wildman–Crippen MR) is 103 cm³/mol. The van der Waals surface area contributed by atoms with E-state index in [1.54, 1.807) is 0 Å². The quantitative estimate of drug-likeness (QED) is 0.771. The minimum atomic E-state index is -0.864. The standard InChI is InChI=1S/C22H18N2O4/c25-21-18-19(16-12-15-8-4-5-9-17(15)27-13-16)23-28-20(18)22(26)24(21)11-10-14-6-2-1-3-7-14/h1-9,12,18,20H,10-11,13H2/t18-,20+/m0/s1. The summed E-state index contributed by atoms with van der Waals surface area (Å²) in [5, 5.41) is 4.07. The number of benzene rings is 2. The fraction of sp³-hybridized carbons (Fsp3) is 0.227. The number of carbonyl (C=O) groups excluding carboxylic acids is 2. The minimum Gasteiger partial charge on any atom is -0.488 e. The summed E-state index contributed by atoms with van der Waals surface area (Å²) in [5.74, 6) is -0.464. The van der Waals surface area contributed by atoms with Gasteiger partial charge in [-0.1, -0.05) is 53.7 Å². The van der Waals surface area contributed by atoms with Crippen molar-refractivity contribution in [3.8, 4) is 5.75 Å². The number of rotatable bonds is 4. The third kappa shape index (κ3) is 2.69. The van der Waals surface area contributed by atoms with Gasteiger partial charge < -0.3 is 9.57 Å². The van der Waals surface area contributed by atoms with Gasteiger partial charge in [-0.05, 0) is 24.1 Å². The summed E-state index contributed by atoms with van der Waals surface area (Å²) >= 11 is 0. The molecule has 0 spiro atoms. The van der Waals surface area contributed by atoms with Crippen LogP contribution in [-0.4, -0.2) is 41.7 Å². The Balaban J connectivity index is 1.36. The van der Waals surface area contributed by atoms with Crippen LogP contribution in [0.2, 0.25) is 0 Å². The lowest BCUT2D eigenvalue weighted by Crippen LogP contribution is -2.35. The second-order valence-corrected chi connectivity index (χ2v) is 7.04. The summed E-state index contributed by atoms with van der Waals surface area (Å²) in [6, 6.07) is 17.5. The van der Waals surface area contributed by atoms with Crippen LogP contribution in [0.5, 0.6) is 5.75 Å². The molecule has 3 aliphatic heterocycles. The number of ether oxygens (including phenoxy) is 1. The van der Waals surface area contributed by atoms with E-state index < -0.39 is 12.0 Å². The highest BCUT2D eigenvalue weighted by atomic mass is 16.7. The highest BCUT2D eigenvalue weighted by Crippen LogP contribution is 2.35. The Kier molecular flexibility index (Phi) is 3.97. The Morgan fingerprint density at radius 1 is 1.00 bits per heavy atom. The number of likely N-dealkylation sites (tertiary alicyclic amines) is 1. The van der Waals surface area contributed by atoms with Crippen LogP contribution >= 0.6 is 0 Å². The summed E-state index contributed by atoms with van der Waals surface area (Å²) in [6.07, 6.45) is 1.70. The zero-order valence-electron chi connectivity index (χ0n) is 15.1. The van der Waals surface area contributed by atoms with Crippen molar-refractivity contribution >= 4 is 23.6 Å². The van der Waals surface area contributed by atoms with Crippen molar-refractivity contribution < 1.29 is 19.2 Å². The van der Waals surface area contributed by atoms with E-state index in [2.05, 4.69) is 5.16 Å². The van der Waals surface area contributed by atoms with E-state index in [1.807, 2.05) is 60.7 Å². The average Bonchev–Trinajstić information content (AvgIpc) is 3.27. The molecule has 2 aromatic rings. The van der Waals surface area contributed by atoms with Gasteiger partial charge in [0.1, 0.15) is 24.0 Å². The van der Waals surface area contributed by atoms with Crippen molar-refractivity contribution in [2.75, 3.05) is 13.2 Å². The Labute approximate surface area is 162 Å². The number of amides is 2. The summed E-state index contributed by atoms with van der Waals surface area (Å²) in [6.45, 7) is 0.637. The highest BCUT2D eigenvalue weighted by Gasteiger charge is 2.55. The summed E-state index contributed by atoms with van der Waals surface area (Å²) < 4.78 is 5.78. The van der Waals surface area contributed by atoms with E-state index in [9.17, 15) is 9.59 Å². The summed E-state index contributed by atoms with van der Waals surface area (Å²) in [5.41, 5.74) is 3.28. The van der Waals surface area contributed by atoms with Gasteiger partial charge in [-0.15, -0.1) is 0 Å². The number of hydrogen-bond donors (Lipinski definition) is 0. The van der Waals surface area contributed by atoms with Crippen LogP contribution in [0, 0.1) is 5.92 Å². The van der Waals surface area contributed by atoms with E-state index in [4.69, 9.17) is 9.57 Å². The first kappa shape index (κ1) is 16.7. The molecule has 3 heterocycles. The van der Waals surface area contributed by atoms with Gasteiger partial charge in [0, 0.05) is 17.7 Å². The van der Waals surface area contributed by atoms with Crippen LogP contribution in [0.4, 0.5) is 0 Å². The lowest BCUT2D eigenvalue weighted by Gasteiger charge is -2.19. The van der Waals surface area contributed by atoms with Crippen molar-refractivity contribution in [1.82, 2.24) is 4.90 Å². The first-order valence-corrected chi connectivity index (χ1v) is 9.28. The molecule has 3 aliphatic rings. The summed E-state index contributed by atoms with van der Waals surface area (Å²) in [4.78, 5) is 32.4. The van der Waals surface area contributed by atoms with Crippen molar-refractivity contribution in [2.45, 2.75) is 12.5 Å². The molecule has 5 rings (SSSR count). The van der Waals surface area contributed by atoms with Crippen LogP contribution < -0.4 is 4.74 Å². The number of carbonyl (C=O) groups is 2. The smallest absolute Gasteiger partial charge is 0.274 e. The van der Waals surface area contributed by atoms with E-state index in [-0.39, 0.29) is 11.8 Å². The fourth-order valence-corrected chi connectivity index (χ4v) is 3.87. The highest BCUT2D eigenvalue weighted by molar-refractivity contribution is 6.24. The molecule has 0 bridgehead atoms. The van der Waals surface area contributed by atoms with E-state index in [0.29, 0.717) is 25.3 Å². The van der Waals surface area contributed by atoms with Crippen LogP contribution in [0.15, 0.2) is 65.3 Å². The van der Waals surface area contributed by atoms with Gasteiger partial charge in [-0.2, -0.15) is 0 Å². The molecule has 6 nitrogen and oxygen atoms in total. The maximum absolute atomic E-state index is 13.0. The number of nitrogens with zero attached hydrogens (tertiary/aromatic N) is 2. The molecular formula is C22H18N2O4. The zero-order chi connectivity index (χ0) is 19.1. The van der Waals surface area contributed by atoms with Crippen molar-refractivity contribution in [1.29, 1.82) is 0 Å². The second-order valence-electron chi connectivity index (χ2n) is 7.04. The largest absolute Gasteiger partial charge is 0.488 e. The zero-order valence-corrected chi connectivity index (χ0v) is 15.1. The van der Waals surface area contributed by atoms with Crippen molar-refractivity contribution in [3.05, 3.63) is 71.3 Å². The third-order valence-corrected chi connectivity index (χ3v) is 5.33. The Morgan fingerprint density at radius 3 is 2.64 bits per heavy atom. The third-order valence-electron chi connectivity index (χ3n) is 5.33. The first-order valence-electron chi connectivity index (χ1n) is 9.28. The van der Waals surface area contributed by atoms with E-state index in [1.165, 1.54) is 4.90 Å². The number of imide groups is 1. The van der Waals surface area contributed by atoms with Gasteiger partial charge in [-0.3, -0.25) is 14.5 Å². The summed E-state index contributed by atoms with van der Waals surface area (Å²) in [7, 11) is 0. The Hall–Kier alpha value is -3.41. The molecule has 0 N–H and O–H groups in total. The average molecular weight is 374 g/mol. The Bertz CT molecular complexity index is 1010. The van der Waals surface area contributed by atoms with E-state index in [0.717, 1.165) is 22.4 Å². The number of para-hydroxylation sites is 1. The molecule has 2 aromatic carbocycles. The monoisotopic (exact) mass is 374 g/mol. The van der Waals surface area contributed by atoms with Crippen LogP contribution in [-0.2, 0) is 20.8 Å². The molecule has 0 saturated carbocycles. The van der Waals surface area contributed by atoms with Gasteiger partial charge in [0.25, 0.3) is 5.91 Å². The van der Waals surface area contributed by atoms with Crippen LogP contribution in [0.3, 0.4) is 0 Å². The minimum absolute atomic E-state index is 0.248. The molecule has 6 heteroatoms. The molecule has 1 fully saturated rings. The molecule has 2 atom stereocenters. The SMILES string of the molecule is O=C1[C@H]2C(C3=Cc4ccccc4OC3)=NO[C@H]2C(=O)N1CCc1ccccc1. The number of fused-ring (bicyclic) bond motifs is 2. The normalized spacial score (nSPS) is 22.8. The Morgan fingerprint density at radius 2 is 1.79 bits per heavy atom. The van der Waals surface area contributed by atoms with Crippen molar-refractivity contribution in [3.63, 3.8) is 0 Å². The van der Waals surface area contributed by atoms with Gasteiger partial charge in [0.05, 0.1) is 0 Å². The van der Waals surface area contributed by atoms with Gasteiger partial charge in [0.15, 0.2) is 0 Å². The number of oxime groups is 1. The molecule has 1 saturated heterocycles. The van der Waals surface area contributed by atoms with Crippen molar-refractivity contribution in [2.24, 2.45) is 11.1 Å². The lowest BCUT2D eigenvalue weighted by atomic mass is 9.92. The molecule has 0 aromatic heterocycles. The predicted octanol–water partition coefficient (Wildman–Crippen LogP) is 2.44. The molecular weight excluding hydrogens is 356 g/mol. The first-order chi connectivity index (χ1) is 13.7. The fourth-order valence-electron chi connectivity index (χ4n) is 3.87. The van der Waals surface area contributed by atoms with Gasteiger partial charge in [-0.25, -0.2) is 0 Å². The molecule has 0 unspecified atom stereocenters. The molecule has 0 radical (unpaired) electrons.